The predicted octanol–water partition coefficient (Wildman–Crippen LogP) is 3.61. The molecule has 0 aliphatic carbocycles. The van der Waals surface area contributed by atoms with Crippen LogP contribution in [0.4, 0.5) is 5.69 Å². The first-order valence-electron chi connectivity index (χ1n) is 9.83. The molecule has 0 aromatic heterocycles. The van der Waals surface area contributed by atoms with E-state index in [1.165, 1.54) is 22.4 Å². The van der Waals surface area contributed by atoms with Crippen LogP contribution in [0.2, 0.25) is 0 Å². The van der Waals surface area contributed by atoms with Gasteiger partial charge in [0.1, 0.15) is 0 Å². The lowest BCUT2D eigenvalue weighted by molar-refractivity contribution is -0.123. The van der Waals surface area contributed by atoms with Gasteiger partial charge in [-0.2, -0.15) is 0 Å². The number of carbonyl (C=O) groups excluding carboxylic acids is 1. The van der Waals surface area contributed by atoms with Crippen molar-refractivity contribution in [2.75, 3.05) is 37.6 Å². The summed E-state index contributed by atoms with van der Waals surface area (Å²) >= 11 is 0. The number of amides is 1. The van der Waals surface area contributed by atoms with Crippen LogP contribution in [0.25, 0.3) is 0 Å². The van der Waals surface area contributed by atoms with Crippen LogP contribution in [0.15, 0.2) is 42.5 Å². The minimum Gasteiger partial charge on any atom is -0.369 e. The predicted molar refractivity (Wildman–Crippen MR) is 112 cm³/mol. The van der Waals surface area contributed by atoms with Crippen LogP contribution in [0.1, 0.15) is 35.2 Å². The second kappa shape index (κ2) is 8.57. The number of carbonyl (C=O) groups is 1. The number of benzene rings is 2. The molecule has 27 heavy (non-hydrogen) atoms. The van der Waals surface area contributed by atoms with Gasteiger partial charge in [-0.1, -0.05) is 42.0 Å². The molecule has 1 amide bonds. The number of hydrogen-bond donors (Lipinski definition) is 1. The van der Waals surface area contributed by atoms with Gasteiger partial charge in [0.05, 0.1) is 12.6 Å². The molecule has 1 N–H and O–H groups in total. The third-order valence-corrected chi connectivity index (χ3v) is 5.61. The van der Waals surface area contributed by atoms with E-state index in [0.717, 1.165) is 31.7 Å². The summed E-state index contributed by atoms with van der Waals surface area (Å²) in [5.74, 6) is 0.100. The summed E-state index contributed by atoms with van der Waals surface area (Å²) in [5.41, 5.74) is 6.40. The summed E-state index contributed by atoms with van der Waals surface area (Å²) in [4.78, 5) is 17.1. The molecular weight excluding hydrogens is 334 g/mol. The first-order valence-corrected chi connectivity index (χ1v) is 9.83. The van der Waals surface area contributed by atoms with Gasteiger partial charge in [0.2, 0.25) is 5.91 Å². The van der Waals surface area contributed by atoms with Crippen LogP contribution in [0.5, 0.6) is 0 Å². The van der Waals surface area contributed by atoms with E-state index in [-0.39, 0.29) is 11.9 Å². The molecule has 0 spiro atoms. The standard InChI is InChI=1S/C23H31N3O/c1-17-8-10-21(11-9-17)20(4)24-23(27)16-25-12-14-26(15-13-25)22-7-5-6-18(2)19(22)3/h5-11,20H,12-16H2,1-4H3,(H,24,27)/t20-/m0/s1. The minimum atomic E-state index is 0.0364. The largest absolute Gasteiger partial charge is 0.369 e. The summed E-state index contributed by atoms with van der Waals surface area (Å²) in [6.07, 6.45) is 0. The van der Waals surface area contributed by atoms with Crippen molar-refractivity contribution in [3.63, 3.8) is 0 Å². The van der Waals surface area contributed by atoms with E-state index >= 15 is 0 Å². The van der Waals surface area contributed by atoms with Gasteiger partial charge in [-0.3, -0.25) is 9.69 Å². The topological polar surface area (TPSA) is 35.6 Å². The van der Waals surface area contributed by atoms with Gasteiger partial charge in [-0.25, -0.2) is 0 Å². The van der Waals surface area contributed by atoms with Crippen molar-refractivity contribution in [2.24, 2.45) is 0 Å². The van der Waals surface area contributed by atoms with Crippen molar-refractivity contribution in [3.05, 3.63) is 64.7 Å². The monoisotopic (exact) mass is 365 g/mol. The molecular formula is C23H31N3O. The molecule has 0 saturated carbocycles. The minimum absolute atomic E-state index is 0.0364. The molecule has 2 aromatic carbocycles. The van der Waals surface area contributed by atoms with Crippen LogP contribution in [0.3, 0.4) is 0 Å². The maximum atomic E-state index is 12.4. The highest BCUT2D eigenvalue weighted by atomic mass is 16.2. The molecule has 1 heterocycles. The van der Waals surface area contributed by atoms with Crippen molar-refractivity contribution in [1.82, 2.24) is 10.2 Å². The van der Waals surface area contributed by atoms with E-state index in [0.29, 0.717) is 6.54 Å². The first-order chi connectivity index (χ1) is 12.9. The lowest BCUT2D eigenvalue weighted by Gasteiger charge is -2.36. The van der Waals surface area contributed by atoms with Crippen molar-refractivity contribution in [3.8, 4) is 0 Å². The molecule has 1 fully saturated rings. The summed E-state index contributed by atoms with van der Waals surface area (Å²) in [6, 6.07) is 14.9. The van der Waals surface area contributed by atoms with Crippen molar-refractivity contribution in [1.29, 1.82) is 0 Å². The molecule has 0 unspecified atom stereocenters. The molecule has 2 aromatic rings. The zero-order chi connectivity index (χ0) is 19.4. The molecule has 0 bridgehead atoms. The van der Waals surface area contributed by atoms with Crippen molar-refractivity contribution < 1.29 is 4.79 Å². The number of hydrogen-bond acceptors (Lipinski definition) is 3. The van der Waals surface area contributed by atoms with Gasteiger partial charge in [-0.05, 0) is 50.5 Å². The highest BCUT2D eigenvalue weighted by Crippen LogP contribution is 2.23. The summed E-state index contributed by atoms with van der Waals surface area (Å²) < 4.78 is 0. The lowest BCUT2D eigenvalue weighted by atomic mass is 10.1. The first kappa shape index (κ1) is 19.4. The maximum Gasteiger partial charge on any atom is 0.234 e. The Morgan fingerprint density at radius 2 is 1.67 bits per heavy atom. The normalized spacial score (nSPS) is 16.2. The molecule has 1 aliphatic rings. The zero-order valence-corrected chi connectivity index (χ0v) is 17.0. The van der Waals surface area contributed by atoms with Gasteiger partial charge in [-0.15, -0.1) is 0 Å². The highest BCUT2D eigenvalue weighted by molar-refractivity contribution is 5.78. The maximum absolute atomic E-state index is 12.4. The van der Waals surface area contributed by atoms with Crippen molar-refractivity contribution in [2.45, 2.75) is 33.7 Å². The molecule has 1 saturated heterocycles. The molecule has 1 atom stereocenters. The van der Waals surface area contributed by atoms with Gasteiger partial charge >= 0.3 is 0 Å². The van der Waals surface area contributed by atoms with Crippen LogP contribution < -0.4 is 10.2 Å². The van der Waals surface area contributed by atoms with E-state index in [4.69, 9.17) is 0 Å². The fraction of sp³-hybridized carbons (Fsp3) is 0.435. The second-order valence-corrected chi connectivity index (χ2v) is 7.68. The van der Waals surface area contributed by atoms with Crippen LogP contribution in [-0.2, 0) is 4.79 Å². The smallest absolute Gasteiger partial charge is 0.234 e. The van der Waals surface area contributed by atoms with Gasteiger partial charge < -0.3 is 10.2 Å². The fourth-order valence-corrected chi connectivity index (χ4v) is 3.65. The Hall–Kier alpha value is -2.33. The Bertz CT molecular complexity index is 777. The average molecular weight is 366 g/mol. The summed E-state index contributed by atoms with van der Waals surface area (Å²) in [5, 5.41) is 3.13. The van der Waals surface area contributed by atoms with Gasteiger partial charge in [0.15, 0.2) is 0 Å². The Kier molecular flexibility index (Phi) is 6.17. The van der Waals surface area contributed by atoms with Crippen LogP contribution in [-0.4, -0.2) is 43.5 Å². The number of anilines is 1. The number of nitrogens with one attached hydrogen (secondary N) is 1. The van der Waals surface area contributed by atoms with Crippen LogP contribution >= 0.6 is 0 Å². The lowest BCUT2D eigenvalue weighted by Crippen LogP contribution is -2.49. The number of piperazine rings is 1. The molecule has 4 heteroatoms. The van der Waals surface area contributed by atoms with Gasteiger partial charge in [0.25, 0.3) is 0 Å². The second-order valence-electron chi connectivity index (χ2n) is 7.68. The molecule has 1 aliphatic heterocycles. The number of nitrogens with zero attached hydrogens (tertiary/aromatic N) is 2. The SMILES string of the molecule is Cc1ccc([C@H](C)NC(=O)CN2CCN(c3cccc(C)c3C)CC2)cc1. The fourth-order valence-electron chi connectivity index (χ4n) is 3.65. The molecule has 4 nitrogen and oxygen atoms in total. The third-order valence-electron chi connectivity index (χ3n) is 5.61. The molecule has 0 radical (unpaired) electrons. The van der Waals surface area contributed by atoms with E-state index in [1.54, 1.807) is 0 Å². The van der Waals surface area contributed by atoms with E-state index in [1.807, 2.05) is 6.92 Å². The zero-order valence-electron chi connectivity index (χ0n) is 17.0. The quantitative estimate of drug-likeness (QED) is 0.879. The Labute approximate surface area is 163 Å². The Balaban J connectivity index is 1.49. The van der Waals surface area contributed by atoms with Crippen LogP contribution in [0, 0.1) is 20.8 Å². The van der Waals surface area contributed by atoms with Crippen molar-refractivity contribution >= 4 is 11.6 Å². The van der Waals surface area contributed by atoms with E-state index in [9.17, 15) is 4.79 Å². The number of aryl methyl sites for hydroxylation is 2. The summed E-state index contributed by atoms with van der Waals surface area (Å²) in [7, 11) is 0. The van der Waals surface area contributed by atoms with E-state index in [2.05, 4.69) is 78.4 Å². The Morgan fingerprint density at radius 3 is 2.33 bits per heavy atom. The molecule has 144 valence electrons. The molecule has 3 rings (SSSR count). The average Bonchev–Trinajstić information content (AvgIpc) is 2.65. The Morgan fingerprint density at radius 1 is 1.00 bits per heavy atom. The number of rotatable bonds is 5. The van der Waals surface area contributed by atoms with Gasteiger partial charge in [0, 0.05) is 31.9 Å². The highest BCUT2D eigenvalue weighted by Gasteiger charge is 2.21. The third kappa shape index (κ3) is 4.89. The van der Waals surface area contributed by atoms with E-state index < -0.39 is 0 Å². The summed E-state index contributed by atoms with van der Waals surface area (Å²) in [6.45, 7) is 12.7.